The maximum absolute atomic E-state index is 11.8. The molecular formula is C18H26N4O3. The van der Waals surface area contributed by atoms with Gasteiger partial charge < -0.3 is 20.5 Å². The van der Waals surface area contributed by atoms with Gasteiger partial charge in [0.2, 0.25) is 0 Å². The second kappa shape index (κ2) is 9.80. The molecule has 0 aliphatic heterocycles. The van der Waals surface area contributed by atoms with E-state index in [4.69, 9.17) is 4.74 Å². The first-order valence-corrected chi connectivity index (χ1v) is 8.41. The fourth-order valence-electron chi connectivity index (χ4n) is 2.13. The minimum Gasteiger partial charge on any atom is -0.389 e. The SMILES string of the molecule is CC(C)COCC(O)CNC(=O)NCc1cnn(-c2ccccc2)c1. The molecule has 3 N–H and O–H groups in total. The predicted octanol–water partition coefficient (Wildman–Crippen LogP) is 1.70. The number of nitrogens with one attached hydrogen (secondary N) is 2. The molecule has 0 aliphatic carbocycles. The zero-order valence-corrected chi connectivity index (χ0v) is 14.7. The first kappa shape index (κ1) is 19.0. The standard InChI is InChI=1S/C18H26N4O3/c1-14(2)12-25-13-17(23)10-20-18(24)19-8-15-9-21-22(11-15)16-6-4-3-5-7-16/h3-7,9,11,14,17,23H,8,10,12-13H2,1-2H3,(H2,19,20,24). The summed E-state index contributed by atoms with van der Waals surface area (Å²) in [6.45, 7) is 5.39. The quantitative estimate of drug-likeness (QED) is 0.645. The summed E-state index contributed by atoms with van der Waals surface area (Å²) < 4.78 is 7.09. The third kappa shape index (κ3) is 6.94. The Bertz CT molecular complexity index is 643. The molecule has 1 aromatic carbocycles. The molecule has 2 aromatic rings. The van der Waals surface area contributed by atoms with E-state index < -0.39 is 6.10 Å². The number of carbonyl (C=O) groups excluding carboxylic acids is 1. The number of carbonyl (C=O) groups is 1. The van der Waals surface area contributed by atoms with Crippen molar-refractivity contribution >= 4 is 6.03 Å². The molecule has 0 fully saturated rings. The lowest BCUT2D eigenvalue weighted by Crippen LogP contribution is -2.40. The molecule has 7 nitrogen and oxygen atoms in total. The number of amides is 2. The van der Waals surface area contributed by atoms with Crippen LogP contribution in [-0.2, 0) is 11.3 Å². The summed E-state index contributed by atoms with van der Waals surface area (Å²) in [4.78, 5) is 11.8. The van der Waals surface area contributed by atoms with E-state index in [1.807, 2.05) is 50.4 Å². The predicted molar refractivity (Wildman–Crippen MR) is 95.5 cm³/mol. The van der Waals surface area contributed by atoms with Crippen molar-refractivity contribution < 1.29 is 14.6 Å². The van der Waals surface area contributed by atoms with Crippen molar-refractivity contribution in [2.75, 3.05) is 19.8 Å². The molecule has 25 heavy (non-hydrogen) atoms. The molecule has 0 aliphatic rings. The number of aromatic nitrogens is 2. The van der Waals surface area contributed by atoms with Gasteiger partial charge in [-0.25, -0.2) is 9.48 Å². The number of para-hydroxylation sites is 1. The highest BCUT2D eigenvalue weighted by atomic mass is 16.5. The van der Waals surface area contributed by atoms with Gasteiger partial charge in [-0.3, -0.25) is 0 Å². The Hall–Kier alpha value is -2.38. The van der Waals surface area contributed by atoms with Gasteiger partial charge >= 0.3 is 6.03 Å². The van der Waals surface area contributed by atoms with Gasteiger partial charge in [0.25, 0.3) is 0 Å². The number of aliphatic hydroxyl groups excluding tert-OH is 1. The van der Waals surface area contributed by atoms with Crippen LogP contribution in [0.2, 0.25) is 0 Å². The van der Waals surface area contributed by atoms with Crippen molar-refractivity contribution in [3.05, 3.63) is 48.3 Å². The Morgan fingerprint density at radius 3 is 2.72 bits per heavy atom. The van der Waals surface area contributed by atoms with Gasteiger partial charge in [-0.2, -0.15) is 5.10 Å². The number of ether oxygens (including phenoxy) is 1. The molecule has 1 atom stereocenters. The van der Waals surface area contributed by atoms with Gasteiger partial charge in [0, 0.05) is 31.5 Å². The normalized spacial score (nSPS) is 12.2. The average Bonchev–Trinajstić information content (AvgIpc) is 3.07. The van der Waals surface area contributed by atoms with Crippen LogP contribution in [0.4, 0.5) is 4.79 Å². The summed E-state index contributed by atoms with van der Waals surface area (Å²) in [5.74, 6) is 0.417. The van der Waals surface area contributed by atoms with Gasteiger partial charge in [0.05, 0.1) is 24.6 Å². The fraction of sp³-hybridized carbons (Fsp3) is 0.444. The van der Waals surface area contributed by atoms with Crippen LogP contribution in [0.25, 0.3) is 5.69 Å². The van der Waals surface area contributed by atoms with E-state index in [0.29, 0.717) is 19.1 Å². The molecule has 2 amide bonds. The van der Waals surface area contributed by atoms with Gasteiger partial charge in [0.15, 0.2) is 0 Å². The van der Waals surface area contributed by atoms with Crippen LogP contribution in [-0.4, -0.2) is 46.8 Å². The first-order chi connectivity index (χ1) is 12.0. The van der Waals surface area contributed by atoms with Crippen molar-refractivity contribution in [1.29, 1.82) is 0 Å². The van der Waals surface area contributed by atoms with Crippen molar-refractivity contribution in [3.63, 3.8) is 0 Å². The summed E-state index contributed by atoms with van der Waals surface area (Å²) in [6.07, 6.45) is 2.86. The summed E-state index contributed by atoms with van der Waals surface area (Å²) in [5, 5.41) is 19.4. The zero-order chi connectivity index (χ0) is 18.1. The third-order valence-corrected chi connectivity index (χ3v) is 3.37. The van der Waals surface area contributed by atoms with Gasteiger partial charge in [-0.15, -0.1) is 0 Å². The van der Waals surface area contributed by atoms with Crippen LogP contribution in [0.3, 0.4) is 0 Å². The van der Waals surface area contributed by atoms with E-state index in [9.17, 15) is 9.90 Å². The highest BCUT2D eigenvalue weighted by Crippen LogP contribution is 2.07. The van der Waals surface area contributed by atoms with Crippen molar-refractivity contribution in [2.24, 2.45) is 5.92 Å². The number of rotatable bonds is 9. The molecule has 2 rings (SSSR count). The Balaban J connectivity index is 1.67. The lowest BCUT2D eigenvalue weighted by Gasteiger charge is -2.13. The molecule has 7 heteroatoms. The molecule has 1 aromatic heterocycles. The summed E-state index contributed by atoms with van der Waals surface area (Å²) >= 11 is 0. The molecule has 0 saturated carbocycles. The van der Waals surface area contributed by atoms with Crippen LogP contribution in [0, 0.1) is 5.92 Å². The zero-order valence-electron chi connectivity index (χ0n) is 14.7. The van der Waals surface area contributed by atoms with Crippen LogP contribution in [0.15, 0.2) is 42.7 Å². The first-order valence-electron chi connectivity index (χ1n) is 8.41. The molecule has 1 heterocycles. The highest BCUT2D eigenvalue weighted by molar-refractivity contribution is 5.73. The molecule has 136 valence electrons. The van der Waals surface area contributed by atoms with E-state index in [1.165, 1.54) is 0 Å². The third-order valence-electron chi connectivity index (χ3n) is 3.37. The highest BCUT2D eigenvalue weighted by Gasteiger charge is 2.08. The van der Waals surface area contributed by atoms with Crippen LogP contribution < -0.4 is 10.6 Å². The van der Waals surface area contributed by atoms with Crippen molar-refractivity contribution in [2.45, 2.75) is 26.5 Å². The number of hydrogen-bond donors (Lipinski definition) is 3. The van der Waals surface area contributed by atoms with E-state index in [0.717, 1.165) is 11.3 Å². The number of nitrogens with zero attached hydrogens (tertiary/aromatic N) is 2. The molecule has 0 radical (unpaired) electrons. The maximum Gasteiger partial charge on any atom is 0.315 e. The van der Waals surface area contributed by atoms with Crippen LogP contribution >= 0.6 is 0 Å². The topological polar surface area (TPSA) is 88.4 Å². The second-order valence-electron chi connectivity index (χ2n) is 6.28. The number of urea groups is 1. The van der Waals surface area contributed by atoms with Crippen molar-refractivity contribution in [1.82, 2.24) is 20.4 Å². The van der Waals surface area contributed by atoms with Crippen LogP contribution in [0.1, 0.15) is 19.4 Å². The smallest absolute Gasteiger partial charge is 0.315 e. The molecule has 0 saturated heterocycles. The lowest BCUT2D eigenvalue weighted by molar-refractivity contribution is 0.0272. The summed E-state index contributed by atoms with van der Waals surface area (Å²) in [5.41, 5.74) is 1.85. The van der Waals surface area contributed by atoms with E-state index in [1.54, 1.807) is 10.9 Å². The van der Waals surface area contributed by atoms with E-state index in [-0.39, 0.29) is 19.2 Å². The summed E-state index contributed by atoms with van der Waals surface area (Å²) in [6, 6.07) is 9.41. The average molecular weight is 346 g/mol. The minimum absolute atomic E-state index is 0.146. The Labute approximate surface area is 148 Å². The lowest BCUT2D eigenvalue weighted by atomic mass is 10.2. The maximum atomic E-state index is 11.8. The number of aliphatic hydroxyl groups is 1. The van der Waals surface area contributed by atoms with Gasteiger partial charge in [-0.05, 0) is 18.1 Å². The molecule has 0 spiro atoms. The fourth-order valence-corrected chi connectivity index (χ4v) is 2.13. The van der Waals surface area contributed by atoms with Crippen LogP contribution in [0.5, 0.6) is 0 Å². The Morgan fingerprint density at radius 2 is 2.00 bits per heavy atom. The number of benzene rings is 1. The monoisotopic (exact) mass is 346 g/mol. The van der Waals surface area contributed by atoms with E-state index in [2.05, 4.69) is 15.7 Å². The van der Waals surface area contributed by atoms with Gasteiger partial charge in [0.1, 0.15) is 0 Å². The molecular weight excluding hydrogens is 320 g/mol. The number of hydrogen-bond acceptors (Lipinski definition) is 4. The van der Waals surface area contributed by atoms with Crippen molar-refractivity contribution in [3.8, 4) is 5.69 Å². The Kier molecular flexibility index (Phi) is 7.43. The molecule has 0 bridgehead atoms. The summed E-state index contributed by atoms with van der Waals surface area (Å²) in [7, 11) is 0. The Morgan fingerprint density at radius 1 is 1.24 bits per heavy atom. The van der Waals surface area contributed by atoms with Gasteiger partial charge in [-0.1, -0.05) is 32.0 Å². The molecule has 1 unspecified atom stereocenters. The second-order valence-corrected chi connectivity index (χ2v) is 6.28. The minimum atomic E-state index is -0.717. The largest absolute Gasteiger partial charge is 0.389 e. The van der Waals surface area contributed by atoms with E-state index >= 15 is 0 Å².